The molecular weight excluding hydrogens is 265 g/mol. The van der Waals surface area contributed by atoms with E-state index in [1.807, 2.05) is 20.8 Å². The highest BCUT2D eigenvalue weighted by molar-refractivity contribution is 5.85. The molecule has 0 aliphatic carbocycles. The Bertz CT molecular complexity index is 244. The van der Waals surface area contributed by atoms with Gasteiger partial charge in [-0.2, -0.15) is 0 Å². The van der Waals surface area contributed by atoms with Gasteiger partial charge in [0.15, 0.2) is 0 Å². The molecule has 0 saturated carbocycles. The molecule has 1 amide bonds. The summed E-state index contributed by atoms with van der Waals surface area (Å²) in [7, 11) is 0. The maximum Gasteiger partial charge on any atom is 0.410 e. The van der Waals surface area contributed by atoms with Crippen LogP contribution in [0.1, 0.15) is 20.8 Å². The molecule has 0 aromatic carbocycles. The first-order chi connectivity index (χ1) is 6.82. The zero-order chi connectivity index (χ0) is 11.7. The second-order valence-electron chi connectivity index (χ2n) is 5.24. The van der Waals surface area contributed by atoms with Gasteiger partial charge in [-0.3, -0.25) is 0 Å². The van der Waals surface area contributed by atoms with Crippen LogP contribution in [0.3, 0.4) is 0 Å². The number of ether oxygens (including phenoxy) is 1. The Kier molecular flexibility index (Phi) is 7.46. The van der Waals surface area contributed by atoms with Gasteiger partial charge in [0.2, 0.25) is 0 Å². The second kappa shape index (κ2) is 6.64. The fraction of sp³-hybridized carbons (Fsp3) is 0.900. The number of hydrogen-bond acceptors (Lipinski definition) is 4. The Morgan fingerprint density at radius 1 is 1.24 bits per heavy atom. The third-order valence-electron chi connectivity index (χ3n) is 2.57. The molecule has 0 aromatic heterocycles. The Labute approximate surface area is 115 Å². The molecule has 104 valence electrons. The first-order valence-corrected chi connectivity index (χ1v) is 5.20. The molecule has 0 radical (unpaired) electrons. The minimum absolute atomic E-state index is 0. The van der Waals surface area contributed by atoms with Crippen molar-refractivity contribution in [3.63, 3.8) is 0 Å². The van der Waals surface area contributed by atoms with Crippen molar-refractivity contribution in [2.75, 3.05) is 26.2 Å². The first kappa shape index (κ1) is 19.1. The van der Waals surface area contributed by atoms with Gasteiger partial charge in [0.1, 0.15) is 5.60 Å². The van der Waals surface area contributed by atoms with Crippen molar-refractivity contribution in [1.82, 2.24) is 4.90 Å². The zero-order valence-corrected chi connectivity index (χ0v) is 12.2. The molecule has 4 N–H and O–H groups in total. The highest BCUT2D eigenvalue weighted by Gasteiger charge is 2.44. The molecule has 1 heterocycles. The van der Waals surface area contributed by atoms with Crippen molar-refractivity contribution < 1.29 is 9.53 Å². The van der Waals surface area contributed by atoms with Crippen LogP contribution in [0, 0.1) is 5.41 Å². The zero-order valence-electron chi connectivity index (χ0n) is 10.6. The molecule has 0 unspecified atom stereocenters. The Hall–Kier alpha value is -0.230. The van der Waals surface area contributed by atoms with Crippen LogP contribution in [-0.2, 0) is 4.74 Å². The molecule has 17 heavy (non-hydrogen) atoms. The van der Waals surface area contributed by atoms with E-state index < -0.39 is 5.60 Å². The summed E-state index contributed by atoms with van der Waals surface area (Å²) in [6.07, 6.45) is -0.278. The average molecular weight is 288 g/mol. The Morgan fingerprint density at radius 3 is 1.94 bits per heavy atom. The summed E-state index contributed by atoms with van der Waals surface area (Å²) in [5.41, 5.74) is 10.7. The number of carbonyl (C=O) groups excluding carboxylic acids is 1. The minimum atomic E-state index is -0.444. The minimum Gasteiger partial charge on any atom is -0.444 e. The predicted octanol–water partition coefficient (Wildman–Crippen LogP) is 0.984. The molecule has 5 nitrogen and oxygen atoms in total. The number of likely N-dealkylation sites (tertiary alicyclic amines) is 1. The standard InChI is InChI=1S/C10H21N3O2.2ClH/c1-9(2,3)15-8(14)13-6-10(4-11,5-12)7-13;;/h4-7,11-12H2,1-3H3;2*1H. The second-order valence-corrected chi connectivity index (χ2v) is 5.24. The third-order valence-corrected chi connectivity index (χ3v) is 2.57. The predicted molar refractivity (Wildman–Crippen MR) is 72.8 cm³/mol. The topological polar surface area (TPSA) is 81.6 Å². The summed E-state index contributed by atoms with van der Waals surface area (Å²) in [5.74, 6) is 0. The Balaban J connectivity index is 0. The molecular formula is C10H23Cl2N3O2. The SMILES string of the molecule is CC(C)(C)OC(=O)N1CC(CN)(CN)C1.Cl.Cl. The van der Waals surface area contributed by atoms with Gasteiger partial charge < -0.3 is 21.1 Å². The third kappa shape index (κ3) is 4.87. The van der Waals surface area contributed by atoms with Gasteiger partial charge >= 0.3 is 6.09 Å². The maximum absolute atomic E-state index is 11.6. The van der Waals surface area contributed by atoms with E-state index >= 15 is 0 Å². The van der Waals surface area contributed by atoms with Crippen LogP contribution in [0.15, 0.2) is 0 Å². The van der Waals surface area contributed by atoms with Gasteiger partial charge in [-0.15, -0.1) is 24.8 Å². The highest BCUT2D eigenvalue weighted by Crippen LogP contribution is 2.29. The van der Waals surface area contributed by atoms with E-state index in [2.05, 4.69) is 0 Å². The number of nitrogens with zero attached hydrogens (tertiary/aromatic N) is 1. The van der Waals surface area contributed by atoms with E-state index in [1.165, 1.54) is 0 Å². The van der Waals surface area contributed by atoms with Gasteiger partial charge in [0.05, 0.1) is 0 Å². The van der Waals surface area contributed by atoms with Gasteiger partial charge in [-0.1, -0.05) is 0 Å². The van der Waals surface area contributed by atoms with E-state index in [-0.39, 0.29) is 36.3 Å². The van der Waals surface area contributed by atoms with Crippen LogP contribution in [-0.4, -0.2) is 42.8 Å². The lowest BCUT2D eigenvalue weighted by molar-refractivity contribution is -0.0277. The van der Waals surface area contributed by atoms with E-state index in [0.717, 1.165) is 0 Å². The number of nitrogens with two attached hydrogens (primary N) is 2. The lowest BCUT2D eigenvalue weighted by Crippen LogP contribution is -2.65. The van der Waals surface area contributed by atoms with Crippen LogP contribution >= 0.6 is 24.8 Å². The average Bonchev–Trinajstić information content (AvgIpc) is 2.00. The van der Waals surface area contributed by atoms with Crippen molar-refractivity contribution in [2.24, 2.45) is 16.9 Å². The number of halogens is 2. The van der Waals surface area contributed by atoms with Crippen molar-refractivity contribution in [2.45, 2.75) is 26.4 Å². The quantitative estimate of drug-likeness (QED) is 0.793. The van der Waals surface area contributed by atoms with Crippen LogP contribution in [0.4, 0.5) is 4.79 Å². The van der Waals surface area contributed by atoms with Crippen molar-refractivity contribution >= 4 is 30.9 Å². The van der Waals surface area contributed by atoms with Crippen LogP contribution in [0.5, 0.6) is 0 Å². The van der Waals surface area contributed by atoms with Crippen LogP contribution in [0.25, 0.3) is 0 Å². The van der Waals surface area contributed by atoms with Gasteiger partial charge in [-0.25, -0.2) is 4.79 Å². The normalized spacial score (nSPS) is 17.4. The lowest BCUT2D eigenvalue weighted by atomic mass is 9.80. The number of rotatable bonds is 2. The smallest absolute Gasteiger partial charge is 0.410 e. The first-order valence-electron chi connectivity index (χ1n) is 5.20. The van der Waals surface area contributed by atoms with E-state index in [4.69, 9.17) is 16.2 Å². The molecule has 0 atom stereocenters. The van der Waals surface area contributed by atoms with Crippen LogP contribution < -0.4 is 11.5 Å². The maximum atomic E-state index is 11.6. The summed E-state index contributed by atoms with van der Waals surface area (Å²) in [4.78, 5) is 13.2. The summed E-state index contributed by atoms with van der Waals surface area (Å²) >= 11 is 0. The van der Waals surface area contributed by atoms with Gasteiger partial charge in [0, 0.05) is 31.6 Å². The van der Waals surface area contributed by atoms with Crippen LogP contribution in [0.2, 0.25) is 0 Å². The van der Waals surface area contributed by atoms with Crippen molar-refractivity contribution in [3.8, 4) is 0 Å². The van der Waals surface area contributed by atoms with E-state index in [9.17, 15) is 4.79 Å². The largest absolute Gasteiger partial charge is 0.444 e. The summed E-state index contributed by atoms with van der Waals surface area (Å²) in [6.45, 7) is 7.80. The van der Waals surface area contributed by atoms with E-state index in [0.29, 0.717) is 26.2 Å². The summed E-state index contributed by atoms with van der Waals surface area (Å²) in [5, 5.41) is 0. The molecule has 0 bridgehead atoms. The fourth-order valence-corrected chi connectivity index (χ4v) is 1.56. The molecule has 7 heteroatoms. The number of carbonyl (C=O) groups is 1. The molecule has 1 aliphatic rings. The lowest BCUT2D eigenvalue weighted by Gasteiger charge is -2.48. The van der Waals surface area contributed by atoms with Gasteiger partial charge in [0.25, 0.3) is 0 Å². The molecule has 1 rings (SSSR count). The summed E-state index contributed by atoms with van der Waals surface area (Å²) in [6, 6.07) is 0. The molecule has 0 aromatic rings. The van der Waals surface area contributed by atoms with Gasteiger partial charge in [-0.05, 0) is 20.8 Å². The molecule has 1 fully saturated rings. The number of amides is 1. The van der Waals surface area contributed by atoms with Crippen molar-refractivity contribution in [1.29, 1.82) is 0 Å². The van der Waals surface area contributed by atoms with Crippen molar-refractivity contribution in [3.05, 3.63) is 0 Å². The van der Waals surface area contributed by atoms with E-state index in [1.54, 1.807) is 4.90 Å². The monoisotopic (exact) mass is 287 g/mol. The fourth-order valence-electron chi connectivity index (χ4n) is 1.56. The number of hydrogen-bond donors (Lipinski definition) is 2. The molecule has 1 saturated heterocycles. The molecule has 0 spiro atoms. The molecule has 1 aliphatic heterocycles. The summed E-state index contributed by atoms with van der Waals surface area (Å²) < 4.78 is 5.23. The Morgan fingerprint density at radius 2 is 1.65 bits per heavy atom. The highest BCUT2D eigenvalue weighted by atomic mass is 35.5.